The summed E-state index contributed by atoms with van der Waals surface area (Å²) < 4.78 is 2.33. The molecule has 0 aliphatic carbocycles. The summed E-state index contributed by atoms with van der Waals surface area (Å²) in [5.74, 6) is 0. The van der Waals surface area contributed by atoms with Gasteiger partial charge in [-0.25, -0.2) is 9.78 Å². The average Bonchev–Trinajstić information content (AvgIpc) is 3.20. The van der Waals surface area contributed by atoms with Gasteiger partial charge in [-0.15, -0.1) is 0 Å². The molecule has 0 amide bonds. The van der Waals surface area contributed by atoms with E-state index < -0.39 is 11.2 Å². The lowest BCUT2D eigenvalue weighted by Crippen LogP contribution is -2.37. The summed E-state index contributed by atoms with van der Waals surface area (Å²) in [4.78, 5) is 34.1. The molecule has 164 valence electrons. The number of aromatic amines is 1. The number of nitrogens with zero attached hydrogens (tertiary/aromatic N) is 5. The smallest absolute Gasteiger partial charge is 0.332 e. The highest BCUT2D eigenvalue weighted by atomic mass is 16.2. The number of aryl methyl sites for hydroxylation is 2. The van der Waals surface area contributed by atoms with Crippen LogP contribution in [0.1, 0.15) is 16.8 Å². The minimum absolute atomic E-state index is 0.173. The molecule has 3 heterocycles. The topological polar surface area (TPSA) is 120 Å². The minimum atomic E-state index is -0.538. The molecule has 0 atom stereocenters. The Morgan fingerprint density at radius 3 is 2.29 bits per heavy atom. The lowest BCUT2D eigenvalue weighted by Gasteiger charge is -2.16. The fourth-order valence-electron chi connectivity index (χ4n) is 4.46. The molecule has 3 aromatic heterocycles. The maximum atomic E-state index is 13.3. The summed E-state index contributed by atoms with van der Waals surface area (Å²) in [6, 6.07) is 18.7. The molecule has 1 N–H and O–H groups in total. The SMILES string of the molecule is Cc1[nH]c2ccccc2c1-c1nc2c(c(-c3ccc(C#N)cc3)c1C#N)c(=O)n(C)c(=O)n2C. The van der Waals surface area contributed by atoms with Crippen LogP contribution in [0.25, 0.3) is 44.3 Å². The summed E-state index contributed by atoms with van der Waals surface area (Å²) in [5.41, 5.74) is 3.59. The number of rotatable bonds is 2. The Morgan fingerprint density at radius 1 is 0.912 bits per heavy atom. The van der Waals surface area contributed by atoms with Crippen LogP contribution < -0.4 is 11.2 Å². The van der Waals surface area contributed by atoms with E-state index in [1.165, 1.54) is 11.6 Å². The van der Waals surface area contributed by atoms with Crippen LogP contribution in [0, 0.1) is 29.6 Å². The van der Waals surface area contributed by atoms with Gasteiger partial charge in [-0.3, -0.25) is 13.9 Å². The summed E-state index contributed by atoms with van der Waals surface area (Å²) in [5, 5.41) is 20.6. The van der Waals surface area contributed by atoms with Crippen LogP contribution >= 0.6 is 0 Å². The van der Waals surface area contributed by atoms with Gasteiger partial charge in [0, 0.05) is 41.8 Å². The molecule has 8 heteroatoms. The first-order valence-corrected chi connectivity index (χ1v) is 10.5. The predicted octanol–water partition coefficient (Wildman–Crippen LogP) is 3.50. The van der Waals surface area contributed by atoms with Gasteiger partial charge in [0.05, 0.1) is 28.3 Å². The molecular formula is C26H18N6O2. The lowest BCUT2D eigenvalue weighted by molar-refractivity contribution is 0.708. The molecule has 34 heavy (non-hydrogen) atoms. The van der Waals surface area contributed by atoms with Crippen LogP contribution in [0.3, 0.4) is 0 Å². The molecule has 5 aromatic rings. The van der Waals surface area contributed by atoms with E-state index in [2.05, 4.69) is 17.1 Å². The van der Waals surface area contributed by atoms with Gasteiger partial charge < -0.3 is 4.98 Å². The molecule has 2 aromatic carbocycles. The number of nitriles is 2. The van der Waals surface area contributed by atoms with Crippen LogP contribution in [-0.4, -0.2) is 19.1 Å². The van der Waals surface area contributed by atoms with Crippen molar-refractivity contribution >= 4 is 21.9 Å². The second kappa shape index (κ2) is 7.58. The molecule has 0 aliphatic heterocycles. The number of para-hydroxylation sites is 1. The monoisotopic (exact) mass is 446 g/mol. The van der Waals surface area contributed by atoms with Crippen molar-refractivity contribution in [1.29, 1.82) is 10.5 Å². The number of hydrogen-bond donors (Lipinski definition) is 1. The molecule has 0 saturated heterocycles. The van der Waals surface area contributed by atoms with Crippen molar-refractivity contribution in [2.75, 3.05) is 0 Å². The largest absolute Gasteiger partial charge is 0.358 e. The van der Waals surface area contributed by atoms with E-state index in [1.807, 2.05) is 31.2 Å². The zero-order chi connectivity index (χ0) is 24.1. The maximum absolute atomic E-state index is 13.3. The van der Waals surface area contributed by atoms with Crippen molar-refractivity contribution in [3.8, 4) is 34.5 Å². The van der Waals surface area contributed by atoms with Gasteiger partial charge in [-0.2, -0.15) is 10.5 Å². The number of H-pyrrole nitrogens is 1. The Balaban J connectivity index is 2.05. The van der Waals surface area contributed by atoms with E-state index >= 15 is 0 Å². The lowest BCUT2D eigenvalue weighted by atomic mass is 9.92. The molecule has 0 spiro atoms. The van der Waals surface area contributed by atoms with E-state index in [-0.39, 0.29) is 16.6 Å². The van der Waals surface area contributed by atoms with Crippen molar-refractivity contribution in [3.05, 3.63) is 86.2 Å². The van der Waals surface area contributed by atoms with Crippen molar-refractivity contribution in [1.82, 2.24) is 19.1 Å². The van der Waals surface area contributed by atoms with Crippen molar-refractivity contribution < 1.29 is 0 Å². The summed E-state index contributed by atoms with van der Waals surface area (Å²) in [6.45, 7) is 1.90. The van der Waals surface area contributed by atoms with E-state index in [0.717, 1.165) is 26.7 Å². The first-order chi connectivity index (χ1) is 16.4. The van der Waals surface area contributed by atoms with Crippen LogP contribution in [0.4, 0.5) is 0 Å². The summed E-state index contributed by atoms with van der Waals surface area (Å²) in [7, 11) is 2.95. The Bertz CT molecular complexity index is 1840. The Hall–Kier alpha value is -4.95. The average molecular weight is 446 g/mol. The molecule has 0 radical (unpaired) electrons. The fourth-order valence-corrected chi connectivity index (χ4v) is 4.46. The highest BCUT2D eigenvalue weighted by molar-refractivity contribution is 6.04. The molecule has 8 nitrogen and oxygen atoms in total. The Labute approximate surface area is 193 Å². The minimum Gasteiger partial charge on any atom is -0.358 e. The molecule has 0 saturated carbocycles. The van der Waals surface area contributed by atoms with Gasteiger partial charge >= 0.3 is 5.69 Å². The van der Waals surface area contributed by atoms with Crippen molar-refractivity contribution in [2.45, 2.75) is 6.92 Å². The second-order valence-corrected chi connectivity index (χ2v) is 8.09. The summed E-state index contributed by atoms with van der Waals surface area (Å²) >= 11 is 0. The van der Waals surface area contributed by atoms with Gasteiger partial charge in [0.25, 0.3) is 5.56 Å². The van der Waals surface area contributed by atoms with Crippen LogP contribution in [0.5, 0.6) is 0 Å². The Kier molecular flexibility index (Phi) is 4.66. The van der Waals surface area contributed by atoms with Gasteiger partial charge in [0.2, 0.25) is 0 Å². The van der Waals surface area contributed by atoms with Gasteiger partial charge in [-0.1, -0.05) is 30.3 Å². The molecule has 0 bridgehead atoms. The third kappa shape index (κ3) is 2.86. The van der Waals surface area contributed by atoms with Crippen molar-refractivity contribution in [3.63, 3.8) is 0 Å². The van der Waals surface area contributed by atoms with E-state index in [1.54, 1.807) is 31.3 Å². The highest BCUT2D eigenvalue weighted by Crippen LogP contribution is 2.39. The molecular weight excluding hydrogens is 428 g/mol. The highest BCUT2D eigenvalue weighted by Gasteiger charge is 2.25. The number of fused-ring (bicyclic) bond motifs is 2. The molecule has 0 aliphatic rings. The first-order valence-electron chi connectivity index (χ1n) is 10.5. The Morgan fingerprint density at radius 2 is 1.62 bits per heavy atom. The quantitative estimate of drug-likeness (QED) is 0.445. The molecule has 0 unspecified atom stereocenters. The number of hydrogen-bond acceptors (Lipinski definition) is 5. The molecule has 5 rings (SSSR count). The maximum Gasteiger partial charge on any atom is 0.332 e. The second-order valence-electron chi connectivity index (χ2n) is 8.09. The van der Waals surface area contributed by atoms with Crippen molar-refractivity contribution in [2.24, 2.45) is 14.1 Å². The van der Waals surface area contributed by atoms with Crippen LogP contribution in [0.2, 0.25) is 0 Å². The van der Waals surface area contributed by atoms with Gasteiger partial charge in [0.15, 0.2) is 5.65 Å². The van der Waals surface area contributed by atoms with Crippen LogP contribution in [0.15, 0.2) is 58.1 Å². The zero-order valence-corrected chi connectivity index (χ0v) is 18.7. The van der Waals surface area contributed by atoms with E-state index in [0.29, 0.717) is 22.4 Å². The van der Waals surface area contributed by atoms with E-state index in [9.17, 15) is 20.1 Å². The predicted molar refractivity (Wildman–Crippen MR) is 129 cm³/mol. The molecule has 0 fully saturated rings. The number of nitrogens with one attached hydrogen (secondary N) is 1. The normalized spacial score (nSPS) is 11.0. The third-order valence-corrected chi connectivity index (χ3v) is 6.13. The first kappa shape index (κ1) is 20.9. The number of pyridine rings is 1. The van der Waals surface area contributed by atoms with Gasteiger partial charge in [-0.05, 0) is 30.7 Å². The van der Waals surface area contributed by atoms with Crippen LogP contribution in [-0.2, 0) is 14.1 Å². The van der Waals surface area contributed by atoms with Gasteiger partial charge in [0.1, 0.15) is 6.07 Å². The zero-order valence-electron chi connectivity index (χ0n) is 18.7. The fraction of sp³-hybridized carbons (Fsp3) is 0.115. The number of aromatic nitrogens is 4. The number of benzene rings is 2. The van der Waals surface area contributed by atoms with E-state index in [4.69, 9.17) is 4.98 Å². The standard InChI is InChI=1S/C26H18N6O2/c1-14-20(17-6-4-5-7-19(17)29-14)23-18(13-28)21(16-10-8-15(12-27)9-11-16)22-24(30-23)31(2)26(34)32(3)25(22)33/h4-11,29H,1-3H3. The third-order valence-electron chi connectivity index (χ3n) is 6.13. The summed E-state index contributed by atoms with van der Waals surface area (Å²) in [6.07, 6.45) is 0.